The molecule has 0 radical (unpaired) electrons. The summed E-state index contributed by atoms with van der Waals surface area (Å²) in [6.45, 7) is 0. The Kier molecular flexibility index (Phi) is 2.51. The molecule has 0 N–H and O–H groups in total. The zero-order chi connectivity index (χ0) is 18.2. The second-order valence-electron chi connectivity index (χ2n) is 7.37. The molecular formula is C24H14N4. The van der Waals surface area contributed by atoms with E-state index in [4.69, 9.17) is 9.97 Å². The molecule has 0 amide bonds. The zero-order valence-corrected chi connectivity index (χ0v) is 14.9. The second-order valence-corrected chi connectivity index (χ2v) is 7.37. The highest BCUT2D eigenvalue weighted by molar-refractivity contribution is 6.14. The SMILES string of the molecule is c1ccc2c(c1)Cc1ccc3nc4c5ccncc5c5cccnc5n4c3c1-2. The molecular weight excluding hydrogens is 344 g/mol. The van der Waals surface area contributed by atoms with Gasteiger partial charge in [-0.1, -0.05) is 30.3 Å². The molecule has 28 heavy (non-hydrogen) atoms. The van der Waals surface area contributed by atoms with Crippen LogP contribution in [0, 0.1) is 0 Å². The standard InChI is InChI=1S/C24H14N4/c1-2-5-16-14(4-1)12-15-7-8-20-22(21(15)16)28-23-17(6-3-10-26-23)19-13-25-11-9-18(19)24(28)27-20/h1-11,13H,12H2. The normalized spacial score (nSPS) is 12.9. The van der Waals surface area contributed by atoms with Crippen molar-refractivity contribution < 1.29 is 0 Å². The van der Waals surface area contributed by atoms with E-state index in [1.165, 1.54) is 22.3 Å². The molecule has 2 aromatic carbocycles. The largest absolute Gasteiger partial charge is 0.275 e. The maximum absolute atomic E-state index is 5.04. The zero-order valence-electron chi connectivity index (χ0n) is 14.9. The monoisotopic (exact) mass is 358 g/mol. The molecule has 0 saturated heterocycles. The van der Waals surface area contributed by atoms with Crippen molar-refractivity contribution in [1.82, 2.24) is 19.4 Å². The minimum Gasteiger partial charge on any atom is -0.275 e. The number of aromatic nitrogens is 4. The van der Waals surface area contributed by atoms with E-state index < -0.39 is 0 Å². The topological polar surface area (TPSA) is 43.1 Å². The number of imidazole rings is 1. The predicted molar refractivity (Wildman–Crippen MR) is 112 cm³/mol. The third kappa shape index (κ3) is 1.63. The molecule has 7 rings (SSSR count). The molecule has 4 heteroatoms. The molecule has 0 saturated carbocycles. The Morgan fingerprint density at radius 2 is 1.68 bits per heavy atom. The van der Waals surface area contributed by atoms with Gasteiger partial charge in [-0.05, 0) is 47.4 Å². The lowest BCUT2D eigenvalue weighted by molar-refractivity contribution is 1.23. The van der Waals surface area contributed by atoms with E-state index in [0.717, 1.165) is 44.9 Å². The molecule has 1 aliphatic carbocycles. The fourth-order valence-electron chi connectivity index (χ4n) is 4.76. The first-order chi connectivity index (χ1) is 13.9. The van der Waals surface area contributed by atoms with Crippen molar-refractivity contribution >= 4 is 38.5 Å². The number of rotatable bonds is 0. The number of benzene rings is 2. The van der Waals surface area contributed by atoms with Gasteiger partial charge in [0.2, 0.25) is 0 Å². The molecule has 130 valence electrons. The number of pyridine rings is 3. The van der Waals surface area contributed by atoms with Crippen LogP contribution in [0.2, 0.25) is 0 Å². The van der Waals surface area contributed by atoms with E-state index in [9.17, 15) is 0 Å². The minimum absolute atomic E-state index is 0.929. The van der Waals surface area contributed by atoms with Gasteiger partial charge in [-0.15, -0.1) is 0 Å². The van der Waals surface area contributed by atoms with Gasteiger partial charge < -0.3 is 0 Å². The fourth-order valence-corrected chi connectivity index (χ4v) is 4.76. The first-order valence-corrected chi connectivity index (χ1v) is 9.43. The Morgan fingerprint density at radius 1 is 0.750 bits per heavy atom. The summed E-state index contributed by atoms with van der Waals surface area (Å²) in [7, 11) is 0. The van der Waals surface area contributed by atoms with E-state index in [0.29, 0.717) is 0 Å². The molecule has 4 heterocycles. The summed E-state index contributed by atoms with van der Waals surface area (Å²) >= 11 is 0. The van der Waals surface area contributed by atoms with Crippen LogP contribution in [0.5, 0.6) is 0 Å². The van der Waals surface area contributed by atoms with E-state index in [1.54, 1.807) is 0 Å². The van der Waals surface area contributed by atoms with Crippen LogP contribution >= 0.6 is 0 Å². The van der Waals surface area contributed by atoms with E-state index in [2.05, 4.69) is 57.9 Å². The molecule has 4 nitrogen and oxygen atoms in total. The number of nitrogens with zero attached hydrogens (tertiary/aromatic N) is 4. The van der Waals surface area contributed by atoms with Crippen LogP contribution in [0.15, 0.2) is 73.2 Å². The van der Waals surface area contributed by atoms with Crippen LogP contribution < -0.4 is 0 Å². The highest BCUT2D eigenvalue weighted by Crippen LogP contribution is 2.42. The molecule has 1 aliphatic rings. The van der Waals surface area contributed by atoms with Gasteiger partial charge in [0.05, 0.1) is 11.0 Å². The van der Waals surface area contributed by atoms with Gasteiger partial charge in [-0.2, -0.15) is 0 Å². The van der Waals surface area contributed by atoms with Gasteiger partial charge in [0, 0.05) is 40.3 Å². The third-order valence-electron chi connectivity index (χ3n) is 5.92. The van der Waals surface area contributed by atoms with Gasteiger partial charge >= 0.3 is 0 Å². The molecule has 6 aromatic rings. The smallest absolute Gasteiger partial charge is 0.147 e. The quantitative estimate of drug-likeness (QED) is 0.352. The van der Waals surface area contributed by atoms with Gasteiger partial charge in [0.25, 0.3) is 0 Å². The van der Waals surface area contributed by atoms with Crippen molar-refractivity contribution in [3.8, 4) is 11.1 Å². The molecule has 0 spiro atoms. The maximum atomic E-state index is 5.04. The van der Waals surface area contributed by atoms with Crippen molar-refractivity contribution in [1.29, 1.82) is 0 Å². The maximum Gasteiger partial charge on any atom is 0.147 e. The van der Waals surface area contributed by atoms with Crippen molar-refractivity contribution in [3.63, 3.8) is 0 Å². The molecule has 0 aliphatic heterocycles. The number of fused-ring (bicyclic) bond motifs is 12. The first-order valence-electron chi connectivity index (χ1n) is 9.43. The second kappa shape index (κ2) is 4.93. The number of hydrogen-bond donors (Lipinski definition) is 0. The lowest BCUT2D eigenvalue weighted by atomic mass is 10.0. The van der Waals surface area contributed by atoms with Crippen molar-refractivity contribution in [3.05, 3.63) is 84.3 Å². The van der Waals surface area contributed by atoms with Gasteiger partial charge in [-0.25, -0.2) is 9.97 Å². The predicted octanol–water partition coefficient (Wildman–Crippen LogP) is 5.16. The lowest BCUT2D eigenvalue weighted by Gasteiger charge is -2.09. The van der Waals surface area contributed by atoms with Crippen LogP contribution in [-0.4, -0.2) is 19.4 Å². The molecule has 0 fully saturated rings. The first kappa shape index (κ1) is 14.3. The van der Waals surface area contributed by atoms with Crippen molar-refractivity contribution in [2.75, 3.05) is 0 Å². The van der Waals surface area contributed by atoms with E-state index >= 15 is 0 Å². The van der Waals surface area contributed by atoms with Crippen LogP contribution in [0.3, 0.4) is 0 Å². The van der Waals surface area contributed by atoms with Crippen LogP contribution in [0.25, 0.3) is 49.6 Å². The van der Waals surface area contributed by atoms with E-state index in [-0.39, 0.29) is 0 Å². The Hall–Kier alpha value is -3.79. The van der Waals surface area contributed by atoms with Crippen LogP contribution in [0.4, 0.5) is 0 Å². The van der Waals surface area contributed by atoms with E-state index in [1.807, 2.05) is 24.7 Å². The number of hydrogen-bond acceptors (Lipinski definition) is 3. The Morgan fingerprint density at radius 3 is 2.68 bits per heavy atom. The molecule has 0 unspecified atom stereocenters. The van der Waals surface area contributed by atoms with Crippen molar-refractivity contribution in [2.24, 2.45) is 0 Å². The van der Waals surface area contributed by atoms with Gasteiger partial charge in [0.15, 0.2) is 0 Å². The minimum atomic E-state index is 0.929. The molecule has 0 atom stereocenters. The Balaban J connectivity index is 1.82. The highest BCUT2D eigenvalue weighted by atomic mass is 15.1. The van der Waals surface area contributed by atoms with Gasteiger partial charge in [-0.3, -0.25) is 9.38 Å². The highest BCUT2D eigenvalue weighted by Gasteiger charge is 2.24. The Labute approximate surface area is 160 Å². The lowest BCUT2D eigenvalue weighted by Crippen LogP contribution is -1.95. The molecule has 4 aromatic heterocycles. The average molecular weight is 358 g/mol. The summed E-state index contributed by atoms with van der Waals surface area (Å²) in [5.41, 5.74) is 9.36. The summed E-state index contributed by atoms with van der Waals surface area (Å²) in [5, 5.41) is 3.29. The summed E-state index contributed by atoms with van der Waals surface area (Å²) in [4.78, 5) is 14.1. The summed E-state index contributed by atoms with van der Waals surface area (Å²) in [5.74, 6) is 0. The summed E-state index contributed by atoms with van der Waals surface area (Å²) in [6, 6.07) is 19.2. The summed E-state index contributed by atoms with van der Waals surface area (Å²) in [6.07, 6.45) is 6.58. The average Bonchev–Trinajstić information content (AvgIpc) is 3.32. The van der Waals surface area contributed by atoms with Crippen LogP contribution in [0.1, 0.15) is 11.1 Å². The Bertz CT molecular complexity index is 1590. The van der Waals surface area contributed by atoms with Crippen LogP contribution in [-0.2, 0) is 6.42 Å². The van der Waals surface area contributed by atoms with Gasteiger partial charge in [0.1, 0.15) is 11.3 Å². The summed E-state index contributed by atoms with van der Waals surface area (Å²) < 4.78 is 2.24. The fraction of sp³-hybridized carbons (Fsp3) is 0.0417. The molecule has 0 bridgehead atoms. The van der Waals surface area contributed by atoms with Crippen molar-refractivity contribution in [2.45, 2.75) is 6.42 Å². The third-order valence-corrected chi connectivity index (χ3v) is 5.92.